The van der Waals surface area contributed by atoms with Crippen molar-refractivity contribution in [3.05, 3.63) is 148 Å². The Kier molecular flexibility index (Phi) is 11.8. The van der Waals surface area contributed by atoms with Gasteiger partial charge >= 0.3 is 0 Å². The Morgan fingerprint density at radius 3 is 2.25 bits per heavy atom. The highest BCUT2D eigenvalue weighted by atomic mass is 35.5. The average molecular weight is 756 g/mol. The summed E-state index contributed by atoms with van der Waals surface area (Å²) in [6.45, 7) is 5.98. The molecule has 1 fully saturated rings. The number of anilines is 2. The lowest BCUT2D eigenvalue weighted by atomic mass is 9.99. The number of nitrogens with one attached hydrogen (secondary N) is 2. The zero-order chi connectivity index (χ0) is 36.7. The number of hydrogen-bond donors (Lipinski definition) is 2. The van der Waals surface area contributed by atoms with Crippen molar-refractivity contribution in [1.29, 1.82) is 0 Å². The van der Waals surface area contributed by atoms with Crippen molar-refractivity contribution in [3.8, 4) is 11.1 Å². The molecule has 5 aromatic carbocycles. The molecule has 0 saturated carbocycles. The summed E-state index contributed by atoms with van der Waals surface area (Å²) in [5.41, 5.74) is 4.43. The second kappa shape index (κ2) is 16.6. The van der Waals surface area contributed by atoms with Gasteiger partial charge in [-0.15, -0.1) is 11.8 Å². The number of carbonyl (C=O) groups is 1. The van der Waals surface area contributed by atoms with Crippen LogP contribution in [0.4, 0.5) is 17.1 Å². The summed E-state index contributed by atoms with van der Waals surface area (Å²) < 4.78 is 28.4. The Labute approximate surface area is 313 Å². The van der Waals surface area contributed by atoms with E-state index in [0.29, 0.717) is 10.8 Å². The van der Waals surface area contributed by atoms with E-state index in [1.165, 1.54) is 23.3 Å². The van der Waals surface area contributed by atoms with E-state index < -0.39 is 26.5 Å². The van der Waals surface area contributed by atoms with E-state index >= 15 is 0 Å². The van der Waals surface area contributed by atoms with Gasteiger partial charge in [-0.3, -0.25) is 19.8 Å². The largest absolute Gasteiger partial charge is 0.376 e. The molecule has 1 heterocycles. The van der Waals surface area contributed by atoms with Crippen molar-refractivity contribution in [1.82, 2.24) is 9.62 Å². The van der Waals surface area contributed by atoms with Gasteiger partial charge in [0.2, 0.25) is 0 Å². The predicted octanol–water partition coefficient (Wildman–Crippen LogP) is 7.95. The SMILES string of the molecule is C[C@H](CSc1ccccc1)Nc1ccc(S(=O)(=O)NC(=O)c2ccc(N3CCN(Cc4ccccc4-c4ccc(Cl)cc4)CC3)cc2)cc1[N+](=O)[O-]. The molecule has 2 N–H and O–H groups in total. The van der Waals surface area contributed by atoms with Gasteiger partial charge in [0.05, 0.1) is 9.82 Å². The van der Waals surface area contributed by atoms with Crippen LogP contribution in [0.3, 0.4) is 0 Å². The van der Waals surface area contributed by atoms with E-state index in [1.807, 2.05) is 67.6 Å². The van der Waals surface area contributed by atoms with Crippen LogP contribution in [0.1, 0.15) is 22.8 Å². The fourth-order valence-corrected chi connectivity index (χ4v) is 8.03. The Hall–Kier alpha value is -4.88. The summed E-state index contributed by atoms with van der Waals surface area (Å²) in [7, 11) is -4.40. The molecule has 1 aliphatic heterocycles. The molecule has 0 spiro atoms. The van der Waals surface area contributed by atoms with Gasteiger partial charge in [0.25, 0.3) is 21.6 Å². The molecule has 0 aliphatic carbocycles. The van der Waals surface area contributed by atoms with E-state index in [0.717, 1.165) is 54.9 Å². The zero-order valence-electron chi connectivity index (χ0n) is 28.4. The number of benzene rings is 5. The van der Waals surface area contributed by atoms with Gasteiger partial charge in [-0.2, -0.15) is 0 Å². The zero-order valence-corrected chi connectivity index (χ0v) is 30.8. The van der Waals surface area contributed by atoms with E-state index in [-0.39, 0.29) is 22.2 Å². The van der Waals surface area contributed by atoms with Gasteiger partial charge in [-0.25, -0.2) is 13.1 Å². The van der Waals surface area contributed by atoms with Crippen molar-refractivity contribution in [2.45, 2.75) is 29.3 Å². The summed E-state index contributed by atoms with van der Waals surface area (Å²) in [5, 5.41) is 15.7. The van der Waals surface area contributed by atoms with E-state index in [9.17, 15) is 23.3 Å². The molecule has 1 saturated heterocycles. The summed E-state index contributed by atoms with van der Waals surface area (Å²) in [5.74, 6) is -0.195. The molecule has 1 amide bonds. The molecule has 13 heteroatoms. The fraction of sp³-hybridized carbons (Fsp3) is 0.205. The molecule has 0 aromatic heterocycles. The highest BCUT2D eigenvalue weighted by molar-refractivity contribution is 7.99. The van der Waals surface area contributed by atoms with E-state index in [4.69, 9.17) is 11.6 Å². The van der Waals surface area contributed by atoms with Crippen LogP contribution < -0.4 is 14.9 Å². The molecule has 6 rings (SSSR count). The molecular weight excluding hydrogens is 718 g/mol. The van der Waals surface area contributed by atoms with Gasteiger partial charge in [0, 0.05) is 71.8 Å². The third-order valence-electron chi connectivity index (χ3n) is 8.78. The third-order valence-corrected chi connectivity index (χ3v) is 11.6. The monoisotopic (exact) mass is 755 g/mol. The van der Waals surface area contributed by atoms with Crippen LogP contribution in [-0.4, -0.2) is 62.1 Å². The number of sulfonamides is 1. The minimum Gasteiger partial charge on any atom is -0.376 e. The highest BCUT2D eigenvalue weighted by Gasteiger charge is 2.25. The third kappa shape index (κ3) is 9.31. The minimum absolute atomic E-state index is 0.152. The number of carbonyl (C=O) groups excluding carboxylic acids is 1. The molecule has 1 atom stereocenters. The number of nitrogens with zero attached hydrogens (tertiary/aromatic N) is 3. The number of rotatable bonds is 13. The summed E-state index contributed by atoms with van der Waals surface area (Å²) in [6, 6.07) is 36.2. The van der Waals surface area contributed by atoms with Gasteiger partial charge in [-0.1, -0.05) is 66.2 Å². The van der Waals surface area contributed by atoms with Crippen LogP contribution in [0.2, 0.25) is 5.02 Å². The second-order valence-corrected chi connectivity index (χ2v) is 15.7. The smallest absolute Gasteiger partial charge is 0.293 e. The second-order valence-electron chi connectivity index (χ2n) is 12.5. The average Bonchev–Trinajstić information content (AvgIpc) is 3.15. The Bertz CT molecular complexity index is 2130. The van der Waals surface area contributed by atoms with Crippen LogP contribution in [0, 0.1) is 10.1 Å². The molecule has 268 valence electrons. The molecule has 0 unspecified atom stereocenters. The maximum atomic E-state index is 13.2. The number of nitro benzene ring substituents is 1. The van der Waals surface area contributed by atoms with Gasteiger partial charge in [0.15, 0.2) is 0 Å². The Morgan fingerprint density at radius 1 is 0.885 bits per heavy atom. The first-order chi connectivity index (χ1) is 25.1. The first kappa shape index (κ1) is 36.9. The molecule has 52 heavy (non-hydrogen) atoms. The normalized spacial score (nSPS) is 14.1. The maximum Gasteiger partial charge on any atom is 0.293 e. The number of hydrogen-bond acceptors (Lipinski definition) is 9. The van der Waals surface area contributed by atoms with Crippen LogP contribution in [-0.2, 0) is 16.6 Å². The number of halogens is 1. The van der Waals surface area contributed by atoms with Crippen molar-refractivity contribution in [3.63, 3.8) is 0 Å². The molecule has 1 aliphatic rings. The number of piperazine rings is 1. The van der Waals surface area contributed by atoms with Crippen LogP contribution in [0.15, 0.2) is 131 Å². The quantitative estimate of drug-likeness (QED) is 0.0700. The number of thioether (sulfide) groups is 1. The number of nitro groups is 1. The lowest BCUT2D eigenvalue weighted by Crippen LogP contribution is -2.46. The van der Waals surface area contributed by atoms with Gasteiger partial charge < -0.3 is 10.2 Å². The first-order valence-electron chi connectivity index (χ1n) is 16.8. The molecule has 10 nitrogen and oxygen atoms in total. The van der Waals surface area contributed by atoms with Crippen molar-refractivity contribution in [2.75, 3.05) is 42.1 Å². The van der Waals surface area contributed by atoms with E-state index in [2.05, 4.69) is 38.0 Å². The lowest BCUT2D eigenvalue weighted by Gasteiger charge is -2.36. The standard InChI is InChI=1S/C39H38ClN5O5S2/c1-28(27-51-34-8-3-2-4-9-34)41-37-20-19-35(25-38(37)45(47)48)52(49,50)42-39(46)30-13-17-33(18-14-30)44-23-21-43(22-24-44)26-31-7-5-6-10-36(31)29-11-15-32(40)16-12-29/h2-20,25,28,41H,21-24,26-27H2,1H3,(H,42,46)/t28-/m1/s1. The van der Waals surface area contributed by atoms with Gasteiger partial charge in [-0.05, 0) is 84.3 Å². The van der Waals surface area contributed by atoms with Crippen LogP contribution in [0.5, 0.6) is 0 Å². The Balaban J connectivity index is 1.04. The highest BCUT2D eigenvalue weighted by Crippen LogP contribution is 2.30. The van der Waals surface area contributed by atoms with Gasteiger partial charge in [0.1, 0.15) is 5.69 Å². The lowest BCUT2D eigenvalue weighted by molar-refractivity contribution is -0.384. The van der Waals surface area contributed by atoms with Crippen molar-refractivity contribution >= 4 is 56.4 Å². The molecule has 0 radical (unpaired) electrons. The molecule has 5 aromatic rings. The Morgan fingerprint density at radius 2 is 1.56 bits per heavy atom. The summed E-state index contributed by atoms with van der Waals surface area (Å²) in [6.07, 6.45) is 0. The minimum atomic E-state index is -4.40. The van der Waals surface area contributed by atoms with E-state index in [1.54, 1.807) is 36.0 Å². The van der Waals surface area contributed by atoms with Crippen molar-refractivity contribution in [2.24, 2.45) is 0 Å². The summed E-state index contributed by atoms with van der Waals surface area (Å²) in [4.78, 5) is 29.6. The first-order valence-corrected chi connectivity index (χ1v) is 19.6. The van der Waals surface area contributed by atoms with Crippen LogP contribution >= 0.6 is 23.4 Å². The topological polar surface area (TPSA) is 125 Å². The molecule has 0 bridgehead atoms. The molecular formula is C39H38ClN5O5S2. The maximum absolute atomic E-state index is 13.2. The fourth-order valence-electron chi connectivity index (χ4n) is 6.03. The van der Waals surface area contributed by atoms with Crippen LogP contribution in [0.25, 0.3) is 11.1 Å². The van der Waals surface area contributed by atoms with Crippen molar-refractivity contribution < 1.29 is 18.1 Å². The number of amides is 1. The summed E-state index contributed by atoms with van der Waals surface area (Å²) >= 11 is 7.70. The predicted molar refractivity (Wildman–Crippen MR) is 209 cm³/mol.